The van der Waals surface area contributed by atoms with E-state index in [-0.39, 0.29) is 0 Å². The van der Waals surface area contributed by atoms with E-state index in [1.807, 2.05) is 30.3 Å². The summed E-state index contributed by atoms with van der Waals surface area (Å²) < 4.78 is 10.9. The number of nitrogens with one attached hydrogen (secondary N) is 1. The molecule has 0 aromatic heterocycles. The minimum atomic E-state index is -0.552. The van der Waals surface area contributed by atoms with Crippen LogP contribution in [-0.2, 0) is 6.54 Å². The van der Waals surface area contributed by atoms with Gasteiger partial charge in [-0.05, 0) is 41.7 Å². The molecule has 0 heterocycles. The van der Waals surface area contributed by atoms with Gasteiger partial charge >= 0.3 is 0 Å². The van der Waals surface area contributed by atoms with Crippen molar-refractivity contribution in [1.82, 2.24) is 5.32 Å². The van der Waals surface area contributed by atoms with E-state index in [0.29, 0.717) is 13.1 Å². The zero-order valence-electron chi connectivity index (χ0n) is 15.0. The van der Waals surface area contributed by atoms with Crippen molar-refractivity contribution in [1.29, 1.82) is 0 Å². The molecular weight excluding hydrogens is 314 g/mol. The molecule has 0 radical (unpaired) electrons. The number of aliphatic hydroxyl groups is 1. The van der Waals surface area contributed by atoms with Gasteiger partial charge in [-0.3, -0.25) is 0 Å². The van der Waals surface area contributed by atoms with E-state index in [2.05, 4.69) is 17.4 Å². The van der Waals surface area contributed by atoms with Crippen molar-refractivity contribution in [2.75, 3.05) is 20.8 Å². The minimum Gasteiger partial charge on any atom is -0.493 e. The lowest BCUT2D eigenvalue weighted by Gasteiger charge is -2.23. The average molecular weight is 341 g/mol. The average Bonchev–Trinajstić information content (AvgIpc) is 3.08. The molecule has 2 N–H and O–H groups in total. The molecule has 0 saturated heterocycles. The van der Waals surface area contributed by atoms with Crippen LogP contribution in [0.1, 0.15) is 31.2 Å². The largest absolute Gasteiger partial charge is 0.493 e. The highest BCUT2D eigenvalue weighted by molar-refractivity contribution is 5.71. The number of rotatable bonds is 7. The van der Waals surface area contributed by atoms with Crippen LogP contribution in [0.3, 0.4) is 0 Å². The fourth-order valence-corrected chi connectivity index (χ4v) is 3.59. The van der Waals surface area contributed by atoms with Gasteiger partial charge in [0.25, 0.3) is 0 Å². The van der Waals surface area contributed by atoms with Gasteiger partial charge in [0.2, 0.25) is 0 Å². The fraction of sp³-hybridized carbons (Fsp3) is 0.429. The Morgan fingerprint density at radius 3 is 2.28 bits per heavy atom. The van der Waals surface area contributed by atoms with Crippen LogP contribution in [-0.4, -0.2) is 31.5 Å². The van der Waals surface area contributed by atoms with Gasteiger partial charge < -0.3 is 19.9 Å². The molecule has 0 bridgehead atoms. The third-order valence-corrected chi connectivity index (χ3v) is 5.00. The third-order valence-electron chi connectivity index (χ3n) is 5.00. The molecule has 2 aromatic rings. The van der Waals surface area contributed by atoms with Crippen LogP contribution in [0.2, 0.25) is 0 Å². The van der Waals surface area contributed by atoms with Crippen molar-refractivity contribution in [3.05, 3.63) is 48.0 Å². The van der Waals surface area contributed by atoms with Crippen molar-refractivity contribution in [2.45, 2.75) is 37.8 Å². The molecule has 134 valence electrons. The molecule has 0 spiro atoms. The van der Waals surface area contributed by atoms with Crippen LogP contribution < -0.4 is 14.8 Å². The van der Waals surface area contributed by atoms with Gasteiger partial charge in [0, 0.05) is 13.1 Å². The fourth-order valence-electron chi connectivity index (χ4n) is 3.59. The lowest BCUT2D eigenvalue weighted by Crippen LogP contribution is -2.37. The summed E-state index contributed by atoms with van der Waals surface area (Å²) in [7, 11) is 3.30. The van der Waals surface area contributed by atoms with Gasteiger partial charge in [-0.1, -0.05) is 43.2 Å². The second kappa shape index (κ2) is 7.89. The van der Waals surface area contributed by atoms with E-state index >= 15 is 0 Å². The Hall–Kier alpha value is -2.04. The zero-order valence-corrected chi connectivity index (χ0v) is 15.0. The molecule has 1 fully saturated rings. The van der Waals surface area contributed by atoms with Crippen LogP contribution in [0.5, 0.6) is 11.5 Å². The second-order valence-electron chi connectivity index (χ2n) is 6.77. The van der Waals surface area contributed by atoms with Gasteiger partial charge in [0.1, 0.15) is 0 Å². The first kappa shape index (κ1) is 17.8. The molecule has 4 heteroatoms. The van der Waals surface area contributed by atoms with Crippen molar-refractivity contribution in [2.24, 2.45) is 0 Å². The Morgan fingerprint density at radius 2 is 1.64 bits per heavy atom. The Balaban J connectivity index is 1.85. The molecule has 2 aromatic carbocycles. The van der Waals surface area contributed by atoms with E-state index in [9.17, 15) is 5.11 Å². The molecule has 0 amide bonds. The maximum absolute atomic E-state index is 10.5. The number of hydrogen-bond donors (Lipinski definition) is 2. The SMILES string of the molecule is COc1cc(CNCC2(O)CCCC2)c(-c2ccccc2)cc1OC. The summed E-state index contributed by atoms with van der Waals surface area (Å²) >= 11 is 0. The predicted octanol–water partition coefficient (Wildman–Crippen LogP) is 3.77. The van der Waals surface area contributed by atoms with E-state index in [4.69, 9.17) is 9.47 Å². The van der Waals surface area contributed by atoms with Gasteiger partial charge in [0.15, 0.2) is 11.5 Å². The highest BCUT2D eigenvalue weighted by Crippen LogP contribution is 2.36. The normalized spacial score (nSPS) is 16.0. The number of methoxy groups -OCH3 is 2. The molecule has 3 rings (SSSR count). The Labute approximate surface area is 149 Å². The summed E-state index contributed by atoms with van der Waals surface area (Å²) in [6, 6.07) is 14.3. The first-order chi connectivity index (χ1) is 12.1. The first-order valence-corrected chi connectivity index (χ1v) is 8.89. The Bertz CT molecular complexity index is 694. The van der Waals surface area contributed by atoms with Crippen LogP contribution in [0, 0.1) is 0 Å². The van der Waals surface area contributed by atoms with Crippen molar-refractivity contribution < 1.29 is 14.6 Å². The first-order valence-electron chi connectivity index (χ1n) is 8.89. The molecule has 1 aliphatic rings. The summed E-state index contributed by atoms with van der Waals surface area (Å²) in [5, 5.41) is 14.0. The Kier molecular flexibility index (Phi) is 5.61. The minimum absolute atomic E-state index is 0.552. The second-order valence-corrected chi connectivity index (χ2v) is 6.77. The molecule has 0 atom stereocenters. The number of hydrogen-bond acceptors (Lipinski definition) is 4. The molecule has 0 unspecified atom stereocenters. The van der Waals surface area contributed by atoms with E-state index in [1.54, 1.807) is 14.2 Å². The maximum Gasteiger partial charge on any atom is 0.161 e. The highest BCUT2D eigenvalue weighted by Gasteiger charge is 2.30. The molecule has 1 aliphatic carbocycles. The van der Waals surface area contributed by atoms with E-state index in [1.165, 1.54) is 0 Å². The quantitative estimate of drug-likeness (QED) is 0.805. The molecule has 25 heavy (non-hydrogen) atoms. The molecule has 1 saturated carbocycles. The summed E-state index contributed by atoms with van der Waals surface area (Å²) in [5.41, 5.74) is 2.83. The molecule has 4 nitrogen and oxygen atoms in total. The standard InChI is InChI=1S/C21H27NO3/c1-24-19-12-17(14-22-15-21(23)10-6-7-11-21)18(13-20(19)25-2)16-8-4-3-5-9-16/h3-5,8-9,12-13,22-23H,6-7,10-11,14-15H2,1-2H3. The van der Waals surface area contributed by atoms with Crippen LogP contribution in [0.25, 0.3) is 11.1 Å². The predicted molar refractivity (Wildman–Crippen MR) is 100 cm³/mol. The lowest BCUT2D eigenvalue weighted by atomic mass is 9.98. The highest BCUT2D eigenvalue weighted by atomic mass is 16.5. The number of benzene rings is 2. The van der Waals surface area contributed by atoms with Crippen LogP contribution >= 0.6 is 0 Å². The summed E-state index contributed by atoms with van der Waals surface area (Å²) in [4.78, 5) is 0. The molecule has 0 aliphatic heterocycles. The topological polar surface area (TPSA) is 50.7 Å². The summed E-state index contributed by atoms with van der Waals surface area (Å²) in [6.07, 6.45) is 4.00. The van der Waals surface area contributed by atoms with Crippen molar-refractivity contribution in [3.63, 3.8) is 0 Å². The van der Waals surface area contributed by atoms with Gasteiger partial charge in [0.05, 0.1) is 19.8 Å². The monoisotopic (exact) mass is 341 g/mol. The van der Waals surface area contributed by atoms with E-state index in [0.717, 1.165) is 53.9 Å². The van der Waals surface area contributed by atoms with Crippen LogP contribution in [0.15, 0.2) is 42.5 Å². The van der Waals surface area contributed by atoms with Crippen molar-refractivity contribution in [3.8, 4) is 22.6 Å². The molecular formula is C21H27NO3. The number of ether oxygens (including phenoxy) is 2. The van der Waals surface area contributed by atoms with E-state index < -0.39 is 5.60 Å². The smallest absolute Gasteiger partial charge is 0.161 e. The van der Waals surface area contributed by atoms with Crippen LogP contribution in [0.4, 0.5) is 0 Å². The van der Waals surface area contributed by atoms with Gasteiger partial charge in [-0.25, -0.2) is 0 Å². The summed E-state index contributed by atoms with van der Waals surface area (Å²) in [6.45, 7) is 1.29. The third kappa shape index (κ3) is 4.14. The summed E-state index contributed by atoms with van der Waals surface area (Å²) in [5.74, 6) is 1.44. The van der Waals surface area contributed by atoms with Gasteiger partial charge in [-0.15, -0.1) is 0 Å². The zero-order chi connectivity index (χ0) is 17.7. The lowest BCUT2D eigenvalue weighted by molar-refractivity contribution is 0.0475. The maximum atomic E-state index is 10.5. The Morgan fingerprint density at radius 1 is 1.00 bits per heavy atom. The van der Waals surface area contributed by atoms with Crippen molar-refractivity contribution >= 4 is 0 Å². The van der Waals surface area contributed by atoms with Gasteiger partial charge in [-0.2, -0.15) is 0 Å².